The number of aryl methyl sites for hydroxylation is 1. The van der Waals surface area contributed by atoms with Gasteiger partial charge in [-0.3, -0.25) is 0 Å². The summed E-state index contributed by atoms with van der Waals surface area (Å²) in [6.45, 7) is 4.05. The molecule has 0 N–H and O–H groups in total. The van der Waals surface area contributed by atoms with Gasteiger partial charge in [-0.05, 0) is 55.8 Å². The third-order valence-electron chi connectivity index (χ3n) is 3.81. The summed E-state index contributed by atoms with van der Waals surface area (Å²) in [5.41, 5.74) is 2.89. The van der Waals surface area contributed by atoms with Crippen molar-refractivity contribution in [3.8, 4) is 17.1 Å². The van der Waals surface area contributed by atoms with E-state index in [1.54, 1.807) is 14.0 Å². The Balaban J connectivity index is 2.27. The zero-order valence-corrected chi connectivity index (χ0v) is 15.3. The summed E-state index contributed by atoms with van der Waals surface area (Å²) in [5, 5.41) is 0.730. The molecule has 1 aromatic heterocycles. The number of methoxy groups -OCH3 is 1. The third kappa shape index (κ3) is 2.91. The van der Waals surface area contributed by atoms with Crippen molar-refractivity contribution in [2.45, 2.75) is 13.8 Å². The van der Waals surface area contributed by atoms with E-state index in [0.717, 1.165) is 26.7 Å². The van der Waals surface area contributed by atoms with Crippen molar-refractivity contribution in [3.63, 3.8) is 0 Å². The monoisotopic (exact) mass is 388 g/mol. The van der Waals surface area contributed by atoms with Crippen LogP contribution >= 0.6 is 15.9 Å². The molecule has 4 nitrogen and oxygen atoms in total. The van der Waals surface area contributed by atoms with Crippen molar-refractivity contribution in [3.05, 3.63) is 52.0 Å². The summed E-state index contributed by atoms with van der Waals surface area (Å²) in [7, 11) is 1.62. The Bertz CT molecular complexity index is 911. The average Bonchev–Trinajstić information content (AvgIpc) is 2.93. The van der Waals surface area contributed by atoms with Gasteiger partial charge in [-0.1, -0.05) is 15.9 Å². The molecule has 124 valence electrons. The lowest BCUT2D eigenvalue weighted by molar-refractivity contribution is 0.0529. The normalized spacial score (nSPS) is 10.8. The minimum absolute atomic E-state index is 0.306. The fraction of sp³-hybridized carbons (Fsp3) is 0.211. The van der Waals surface area contributed by atoms with Crippen molar-refractivity contribution in [2.24, 2.45) is 0 Å². The number of ether oxygens (including phenoxy) is 2. The SMILES string of the molecule is CCOC(=O)c1c(-c2ccc(OC)cc2C)oc2ccc(Br)cc12. The van der Waals surface area contributed by atoms with Gasteiger partial charge in [0, 0.05) is 15.4 Å². The number of benzene rings is 2. The van der Waals surface area contributed by atoms with Gasteiger partial charge in [-0.25, -0.2) is 4.79 Å². The Labute approximate surface area is 148 Å². The molecule has 1 heterocycles. The summed E-state index contributed by atoms with van der Waals surface area (Å²) in [6.07, 6.45) is 0. The Kier molecular flexibility index (Phi) is 4.62. The maximum Gasteiger partial charge on any atom is 0.342 e. The van der Waals surface area contributed by atoms with Crippen LogP contribution in [0.25, 0.3) is 22.3 Å². The zero-order valence-electron chi connectivity index (χ0n) is 13.7. The first-order chi connectivity index (χ1) is 11.5. The van der Waals surface area contributed by atoms with Crippen molar-refractivity contribution >= 4 is 32.9 Å². The Morgan fingerprint density at radius 2 is 2.00 bits per heavy atom. The molecule has 0 unspecified atom stereocenters. The molecule has 0 spiro atoms. The first-order valence-corrected chi connectivity index (χ1v) is 8.38. The van der Waals surface area contributed by atoms with Crippen LogP contribution in [0.15, 0.2) is 45.3 Å². The highest BCUT2D eigenvalue weighted by Gasteiger charge is 2.24. The van der Waals surface area contributed by atoms with Crippen LogP contribution in [-0.2, 0) is 4.74 Å². The van der Waals surface area contributed by atoms with E-state index in [-0.39, 0.29) is 5.97 Å². The molecule has 0 saturated heterocycles. The molecule has 0 aliphatic carbocycles. The van der Waals surface area contributed by atoms with Crippen molar-refractivity contribution in [1.29, 1.82) is 0 Å². The maximum absolute atomic E-state index is 12.5. The van der Waals surface area contributed by atoms with Crippen LogP contribution in [0.1, 0.15) is 22.8 Å². The predicted octanol–water partition coefficient (Wildman–Crippen LogP) is 5.36. The molecule has 5 heteroatoms. The zero-order chi connectivity index (χ0) is 17.3. The molecular weight excluding hydrogens is 372 g/mol. The van der Waals surface area contributed by atoms with Crippen LogP contribution in [0, 0.1) is 6.92 Å². The van der Waals surface area contributed by atoms with Crippen LogP contribution in [0.4, 0.5) is 0 Å². The molecule has 2 aromatic carbocycles. The molecule has 0 amide bonds. The second-order valence-corrected chi connectivity index (χ2v) is 6.26. The molecule has 0 fully saturated rings. The second-order valence-electron chi connectivity index (χ2n) is 5.35. The topological polar surface area (TPSA) is 48.7 Å². The minimum atomic E-state index is -0.389. The molecular formula is C19H17BrO4. The first-order valence-electron chi connectivity index (χ1n) is 7.59. The number of carbonyl (C=O) groups excluding carboxylic acids is 1. The van der Waals surface area contributed by atoms with E-state index in [2.05, 4.69) is 15.9 Å². The van der Waals surface area contributed by atoms with Gasteiger partial charge in [-0.15, -0.1) is 0 Å². The van der Waals surface area contributed by atoms with E-state index in [1.807, 2.05) is 43.3 Å². The van der Waals surface area contributed by atoms with E-state index in [1.165, 1.54) is 0 Å². The summed E-state index contributed by atoms with van der Waals surface area (Å²) in [6, 6.07) is 11.2. The van der Waals surface area contributed by atoms with Crippen LogP contribution in [0.2, 0.25) is 0 Å². The van der Waals surface area contributed by atoms with Gasteiger partial charge in [0.2, 0.25) is 0 Å². The van der Waals surface area contributed by atoms with Crippen LogP contribution < -0.4 is 4.74 Å². The molecule has 0 bridgehead atoms. The number of esters is 1. The Morgan fingerprint density at radius 1 is 1.21 bits per heavy atom. The number of hydrogen-bond acceptors (Lipinski definition) is 4. The van der Waals surface area contributed by atoms with Crippen LogP contribution in [0.3, 0.4) is 0 Å². The summed E-state index contributed by atoms with van der Waals surface area (Å²) in [5.74, 6) is 0.883. The van der Waals surface area contributed by atoms with E-state index in [0.29, 0.717) is 23.5 Å². The van der Waals surface area contributed by atoms with E-state index in [4.69, 9.17) is 13.9 Å². The number of furan rings is 1. The van der Waals surface area contributed by atoms with Gasteiger partial charge in [0.15, 0.2) is 0 Å². The summed E-state index contributed by atoms with van der Waals surface area (Å²) < 4.78 is 17.4. The predicted molar refractivity (Wildman–Crippen MR) is 96.6 cm³/mol. The molecule has 3 aromatic rings. The molecule has 0 saturated carbocycles. The van der Waals surface area contributed by atoms with Crippen molar-refractivity contribution < 1.29 is 18.7 Å². The number of hydrogen-bond donors (Lipinski definition) is 0. The van der Waals surface area contributed by atoms with Crippen LogP contribution in [-0.4, -0.2) is 19.7 Å². The first kappa shape index (κ1) is 16.6. The highest BCUT2D eigenvalue weighted by atomic mass is 79.9. The molecule has 0 aliphatic heterocycles. The highest BCUT2D eigenvalue weighted by molar-refractivity contribution is 9.10. The van der Waals surface area contributed by atoms with Gasteiger partial charge in [0.25, 0.3) is 0 Å². The molecule has 24 heavy (non-hydrogen) atoms. The molecule has 0 radical (unpaired) electrons. The fourth-order valence-electron chi connectivity index (χ4n) is 2.68. The summed E-state index contributed by atoms with van der Waals surface area (Å²) in [4.78, 5) is 12.5. The lowest BCUT2D eigenvalue weighted by atomic mass is 10.0. The van der Waals surface area contributed by atoms with Gasteiger partial charge in [0.1, 0.15) is 22.7 Å². The number of fused-ring (bicyclic) bond motifs is 1. The lowest BCUT2D eigenvalue weighted by Crippen LogP contribution is -2.05. The smallest absolute Gasteiger partial charge is 0.342 e. The van der Waals surface area contributed by atoms with Crippen molar-refractivity contribution in [2.75, 3.05) is 13.7 Å². The largest absolute Gasteiger partial charge is 0.497 e. The average molecular weight is 389 g/mol. The Hall–Kier alpha value is -2.27. The molecule has 3 rings (SSSR count). The summed E-state index contributed by atoms with van der Waals surface area (Å²) >= 11 is 3.44. The molecule has 0 aliphatic rings. The van der Waals surface area contributed by atoms with Crippen LogP contribution in [0.5, 0.6) is 5.75 Å². The van der Waals surface area contributed by atoms with E-state index < -0.39 is 0 Å². The van der Waals surface area contributed by atoms with E-state index in [9.17, 15) is 4.79 Å². The third-order valence-corrected chi connectivity index (χ3v) is 4.30. The quantitative estimate of drug-likeness (QED) is 0.564. The van der Waals surface area contributed by atoms with Gasteiger partial charge in [-0.2, -0.15) is 0 Å². The van der Waals surface area contributed by atoms with E-state index >= 15 is 0 Å². The van der Waals surface area contributed by atoms with Gasteiger partial charge >= 0.3 is 5.97 Å². The number of carbonyl (C=O) groups is 1. The number of halogens is 1. The van der Waals surface area contributed by atoms with Crippen molar-refractivity contribution in [1.82, 2.24) is 0 Å². The highest BCUT2D eigenvalue weighted by Crippen LogP contribution is 2.37. The number of rotatable bonds is 4. The minimum Gasteiger partial charge on any atom is -0.497 e. The fourth-order valence-corrected chi connectivity index (χ4v) is 3.04. The van der Waals surface area contributed by atoms with Gasteiger partial charge < -0.3 is 13.9 Å². The maximum atomic E-state index is 12.5. The second kappa shape index (κ2) is 6.69. The van der Waals surface area contributed by atoms with Gasteiger partial charge in [0.05, 0.1) is 13.7 Å². The molecule has 0 atom stereocenters. The lowest BCUT2D eigenvalue weighted by Gasteiger charge is -2.08. The standard InChI is InChI=1S/C19H17BrO4/c1-4-23-19(21)17-15-10-12(20)5-8-16(15)24-18(17)14-7-6-13(22-3)9-11(14)2/h5-10H,4H2,1-3H3. The Morgan fingerprint density at radius 3 is 2.67 bits per heavy atom.